The van der Waals surface area contributed by atoms with Gasteiger partial charge in [-0.25, -0.2) is 4.98 Å². The molecule has 0 aliphatic rings. The van der Waals surface area contributed by atoms with Crippen LogP contribution in [0.3, 0.4) is 0 Å². The monoisotopic (exact) mass is 299 g/mol. The van der Waals surface area contributed by atoms with Gasteiger partial charge in [0.2, 0.25) is 0 Å². The molecule has 0 amide bonds. The summed E-state index contributed by atoms with van der Waals surface area (Å²) in [6, 6.07) is 11.9. The topological polar surface area (TPSA) is 88.9 Å². The third kappa shape index (κ3) is 2.63. The molecule has 104 valence electrons. The number of nitrogens with zero attached hydrogens (tertiary/aromatic N) is 2. The molecule has 2 aromatic carbocycles. The second-order valence-corrected chi connectivity index (χ2v) is 5.29. The lowest BCUT2D eigenvalue weighted by atomic mass is 10.2. The molecular formula is C14H9N3O3S. The van der Waals surface area contributed by atoms with Crippen LogP contribution in [0.15, 0.2) is 52.5 Å². The average Bonchev–Trinajstić information content (AvgIpc) is 2.89. The lowest BCUT2D eigenvalue weighted by Crippen LogP contribution is -1.93. The maximum atomic E-state index is 11.1. The molecule has 0 bridgehead atoms. The number of nitro benzene ring substituents is 1. The largest absolute Gasteiger partial charge is 0.333 e. The van der Waals surface area contributed by atoms with Gasteiger partial charge in [-0.1, -0.05) is 18.2 Å². The summed E-state index contributed by atoms with van der Waals surface area (Å²) in [5.41, 5.74) is 1.83. The van der Waals surface area contributed by atoms with E-state index < -0.39 is 4.92 Å². The number of aromatic nitrogens is 2. The number of H-pyrrole nitrogens is 1. The highest BCUT2D eigenvalue weighted by Gasteiger charge is 2.17. The van der Waals surface area contributed by atoms with Gasteiger partial charge in [-0.2, -0.15) is 0 Å². The number of rotatable bonds is 4. The average molecular weight is 299 g/mol. The van der Waals surface area contributed by atoms with Gasteiger partial charge >= 0.3 is 0 Å². The van der Waals surface area contributed by atoms with E-state index in [0.717, 1.165) is 22.8 Å². The van der Waals surface area contributed by atoms with E-state index in [1.807, 2.05) is 24.3 Å². The number of nitro groups is 1. The zero-order valence-electron chi connectivity index (χ0n) is 10.6. The molecule has 3 rings (SSSR count). The zero-order chi connectivity index (χ0) is 14.8. The quantitative estimate of drug-likeness (QED) is 0.453. The van der Waals surface area contributed by atoms with E-state index in [2.05, 4.69) is 9.97 Å². The number of imidazole rings is 1. The predicted molar refractivity (Wildman–Crippen MR) is 78.7 cm³/mol. The van der Waals surface area contributed by atoms with Crippen LogP contribution in [0.4, 0.5) is 5.69 Å². The van der Waals surface area contributed by atoms with Crippen LogP contribution in [-0.4, -0.2) is 21.2 Å². The highest BCUT2D eigenvalue weighted by Crippen LogP contribution is 2.34. The van der Waals surface area contributed by atoms with Crippen molar-refractivity contribution < 1.29 is 9.72 Å². The van der Waals surface area contributed by atoms with Gasteiger partial charge in [0, 0.05) is 11.6 Å². The number of benzene rings is 2. The standard InChI is InChI=1S/C14H9N3O3S/c18-8-9-5-6-13(12(7-9)17(19)20)21-14-15-10-3-1-2-4-11(10)16-14/h1-8H,(H,15,16). The fourth-order valence-electron chi connectivity index (χ4n) is 1.92. The minimum Gasteiger partial charge on any atom is -0.333 e. The fraction of sp³-hybridized carbons (Fsp3) is 0. The Bertz CT molecular complexity index is 811. The van der Waals surface area contributed by atoms with Crippen LogP contribution in [0.2, 0.25) is 0 Å². The van der Waals surface area contributed by atoms with E-state index in [9.17, 15) is 14.9 Å². The molecule has 0 radical (unpaired) electrons. The van der Waals surface area contributed by atoms with Gasteiger partial charge in [0.25, 0.3) is 5.69 Å². The van der Waals surface area contributed by atoms with Crippen molar-refractivity contribution >= 4 is 34.8 Å². The minimum absolute atomic E-state index is 0.106. The maximum absolute atomic E-state index is 11.1. The second kappa shape index (κ2) is 5.37. The molecule has 0 aliphatic heterocycles. The summed E-state index contributed by atoms with van der Waals surface area (Å²) < 4.78 is 0. The molecule has 1 N–H and O–H groups in total. The van der Waals surface area contributed by atoms with Gasteiger partial charge in [0.05, 0.1) is 20.9 Å². The molecule has 1 heterocycles. The van der Waals surface area contributed by atoms with Crippen molar-refractivity contribution in [1.82, 2.24) is 9.97 Å². The number of carbonyl (C=O) groups is 1. The molecule has 0 unspecified atom stereocenters. The van der Waals surface area contributed by atoms with E-state index in [1.165, 1.54) is 6.07 Å². The van der Waals surface area contributed by atoms with Crippen molar-refractivity contribution in [2.24, 2.45) is 0 Å². The number of hydrogen-bond donors (Lipinski definition) is 1. The van der Waals surface area contributed by atoms with Gasteiger partial charge in [-0.3, -0.25) is 14.9 Å². The Morgan fingerprint density at radius 3 is 2.76 bits per heavy atom. The molecule has 0 aliphatic carbocycles. The number of aromatic amines is 1. The lowest BCUT2D eigenvalue weighted by Gasteiger charge is -2.01. The molecule has 1 aromatic heterocycles. The van der Waals surface area contributed by atoms with Crippen molar-refractivity contribution in [2.75, 3.05) is 0 Å². The first-order chi connectivity index (χ1) is 10.2. The maximum Gasteiger partial charge on any atom is 0.284 e. The number of hydrogen-bond acceptors (Lipinski definition) is 5. The Balaban J connectivity index is 2.00. The van der Waals surface area contributed by atoms with Crippen LogP contribution >= 0.6 is 11.8 Å². The van der Waals surface area contributed by atoms with Gasteiger partial charge in [-0.15, -0.1) is 0 Å². The van der Waals surface area contributed by atoms with E-state index in [4.69, 9.17) is 0 Å². The van der Waals surface area contributed by atoms with Crippen molar-refractivity contribution in [1.29, 1.82) is 0 Å². The summed E-state index contributed by atoms with van der Waals surface area (Å²) in [7, 11) is 0. The summed E-state index contributed by atoms with van der Waals surface area (Å²) in [5.74, 6) is 0. The fourth-order valence-corrected chi connectivity index (χ4v) is 2.81. The first-order valence-corrected chi connectivity index (χ1v) is 6.85. The Hall–Kier alpha value is -2.67. The number of nitrogens with one attached hydrogen (secondary N) is 1. The van der Waals surface area contributed by atoms with Crippen molar-refractivity contribution in [3.63, 3.8) is 0 Å². The molecule has 0 fully saturated rings. The van der Waals surface area contributed by atoms with E-state index in [-0.39, 0.29) is 11.3 Å². The van der Waals surface area contributed by atoms with E-state index in [0.29, 0.717) is 16.3 Å². The first-order valence-electron chi connectivity index (χ1n) is 6.03. The van der Waals surface area contributed by atoms with Gasteiger partial charge < -0.3 is 4.98 Å². The normalized spacial score (nSPS) is 10.7. The number of carbonyl (C=O) groups excluding carboxylic acids is 1. The van der Waals surface area contributed by atoms with Crippen molar-refractivity contribution in [3.05, 3.63) is 58.1 Å². The highest BCUT2D eigenvalue weighted by molar-refractivity contribution is 7.99. The van der Waals surface area contributed by atoms with E-state index >= 15 is 0 Å². The number of fused-ring (bicyclic) bond motifs is 1. The molecule has 21 heavy (non-hydrogen) atoms. The minimum atomic E-state index is -0.502. The second-order valence-electron chi connectivity index (χ2n) is 4.26. The molecule has 3 aromatic rings. The van der Waals surface area contributed by atoms with Crippen LogP contribution < -0.4 is 0 Å². The molecule has 7 heteroatoms. The Kier molecular flexibility index (Phi) is 3.41. The number of para-hydroxylation sites is 2. The molecule has 0 saturated carbocycles. The van der Waals surface area contributed by atoms with Crippen LogP contribution in [0.25, 0.3) is 11.0 Å². The summed E-state index contributed by atoms with van der Waals surface area (Å²) in [4.78, 5) is 29.2. The lowest BCUT2D eigenvalue weighted by molar-refractivity contribution is -0.387. The molecule has 0 saturated heterocycles. The molecular weight excluding hydrogens is 290 g/mol. The molecule has 0 atom stereocenters. The van der Waals surface area contributed by atoms with Gasteiger partial charge in [-0.05, 0) is 30.0 Å². The SMILES string of the molecule is O=Cc1ccc(Sc2nc3ccccc3[nH]2)c([N+](=O)[O-])c1. The van der Waals surface area contributed by atoms with Crippen LogP contribution in [0.1, 0.15) is 10.4 Å². The van der Waals surface area contributed by atoms with Crippen LogP contribution in [-0.2, 0) is 0 Å². The third-order valence-corrected chi connectivity index (χ3v) is 3.84. The molecule has 0 spiro atoms. The summed E-state index contributed by atoms with van der Waals surface area (Å²) >= 11 is 1.16. The van der Waals surface area contributed by atoms with Gasteiger partial charge in [0.1, 0.15) is 6.29 Å². The van der Waals surface area contributed by atoms with E-state index in [1.54, 1.807) is 12.1 Å². The third-order valence-electron chi connectivity index (χ3n) is 2.89. The summed E-state index contributed by atoms with van der Waals surface area (Å²) in [6.07, 6.45) is 0.586. The summed E-state index contributed by atoms with van der Waals surface area (Å²) in [6.45, 7) is 0. The molecule has 6 nitrogen and oxygen atoms in total. The summed E-state index contributed by atoms with van der Waals surface area (Å²) in [5, 5.41) is 11.7. The Labute approximate surface area is 123 Å². The Morgan fingerprint density at radius 2 is 2.05 bits per heavy atom. The predicted octanol–water partition coefficient (Wildman–Crippen LogP) is 3.43. The zero-order valence-corrected chi connectivity index (χ0v) is 11.5. The number of aldehydes is 1. The van der Waals surface area contributed by atoms with Crippen molar-refractivity contribution in [3.8, 4) is 0 Å². The van der Waals surface area contributed by atoms with Crippen LogP contribution in [0.5, 0.6) is 0 Å². The first kappa shape index (κ1) is 13.3. The van der Waals surface area contributed by atoms with Gasteiger partial charge in [0.15, 0.2) is 5.16 Å². The smallest absolute Gasteiger partial charge is 0.284 e. The highest BCUT2D eigenvalue weighted by atomic mass is 32.2. The van der Waals surface area contributed by atoms with Crippen LogP contribution in [0, 0.1) is 10.1 Å². The Morgan fingerprint density at radius 1 is 1.24 bits per heavy atom. The van der Waals surface area contributed by atoms with Crippen molar-refractivity contribution in [2.45, 2.75) is 10.1 Å².